The predicted molar refractivity (Wildman–Crippen MR) is 90.4 cm³/mol. The Labute approximate surface area is 133 Å². The Morgan fingerprint density at radius 1 is 1.38 bits per heavy atom. The van der Waals surface area contributed by atoms with Crippen LogP contribution in [0.25, 0.3) is 0 Å². The van der Waals surface area contributed by atoms with Crippen molar-refractivity contribution in [1.29, 1.82) is 0 Å². The van der Waals surface area contributed by atoms with Crippen molar-refractivity contribution < 1.29 is 8.42 Å². The van der Waals surface area contributed by atoms with Crippen molar-refractivity contribution in [3.8, 4) is 0 Å². The highest BCUT2D eigenvalue weighted by molar-refractivity contribution is 7.89. The Hall–Kier alpha value is -0.430. The largest absolute Gasteiger partial charge is 0.315 e. The van der Waals surface area contributed by atoms with Crippen LogP contribution < -0.4 is 5.32 Å². The van der Waals surface area contributed by atoms with Gasteiger partial charge in [-0.25, -0.2) is 8.42 Å². The number of sulfonamides is 1. The van der Waals surface area contributed by atoms with E-state index in [0.29, 0.717) is 18.0 Å². The Bertz CT molecular complexity index is 538. The van der Waals surface area contributed by atoms with Crippen molar-refractivity contribution in [2.45, 2.75) is 64.4 Å². The lowest BCUT2D eigenvalue weighted by atomic mass is 10.2. The van der Waals surface area contributed by atoms with E-state index in [0.717, 1.165) is 29.7 Å². The lowest BCUT2D eigenvalue weighted by molar-refractivity contribution is 0.324. The van der Waals surface area contributed by atoms with Gasteiger partial charge in [0.1, 0.15) is 4.90 Å². The molecule has 0 radical (unpaired) electrons. The van der Waals surface area contributed by atoms with Gasteiger partial charge in [0.2, 0.25) is 10.0 Å². The summed E-state index contributed by atoms with van der Waals surface area (Å²) in [6.45, 7) is 9.19. The first kappa shape index (κ1) is 18.6. The van der Waals surface area contributed by atoms with Crippen molar-refractivity contribution in [3.05, 3.63) is 15.8 Å². The zero-order valence-corrected chi connectivity index (χ0v) is 15.4. The number of rotatable bonds is 9. The molecular formula is C15H28N2O2S2. The monoisotopic (exact) mass is 332 g/mol. The zero-order valence-electron chi connectivity index (χ0n) is 13.8. The van der Waals surface area contributed by atoms with E-state index in [2.05, 4.69) is 12.2 Å². The van der Waals surface area contributed by atoms with Gasteiger partial charge in [-0.3, -0.25) is 0 Å². The molecule has 0 amide bonds. The minimum absolute atomic E-state index is 0.0308. The first-order valence-corrected chi connectivity index (χ1v) is 9.95. The van der Waals surface area contributed by atoms with Gasteiger partial charge in [0.25, 0.3) is 0 Å². The number of nitrogens with one attached hydrogen (secondary N) is 1. The maximum absolute atomic E-state index is 13.1. The van der Waals surface area contributed by atoms with Crippen LogP contribution in [-0.2, 0) is 16.6 Å². The average Bonchev–Trinajstić information content (AvgIpc) is 2.80. The minimum atomic E-state index is -3.42. The van der Waals surface area contributed by atoms with Gasteiger partial charge in [-0.2, -0.15) is 4.31 Å². The summed E-state index contributed by atoms with van der Waals surface area (Å²) in [7, 11) is -1.58. The topological polar surface area (TPSA) is 49.4 Å². The van der Waals surface area contributed by atoms with E-state index in [1.807, 2.05) is 33.2 Å². The van der Waals surface area contributed by atoms with Gasteiger partial charge in [0.15, 0.2) is 0 Å². The molecule has 1 heterocycles. The van der Waals surface area contributed by atoms with E-state index >= 15 is 0 Å². The van der Waals surface area contributed by atoms with Crippen molar-refractivity contribution in [2.75, 3.05) is 13.6 Å². The number of unbranched alkanes of at least 4 members (excludes halogenated alkanes) is 1. The second-order valence-corrected chi connectivity index (χ2v) is 8.22. The average molecular weight is 333 g/mol. The molecule has 0 aliphatic rings. The third kappa shape index (κ3) is 4.28. The molecule has 0 saturated heterocycles. The lowest BCUT2D eigenvalue weighted by Gasteiger charge is -2.28. The summed E-state index contributed by atoms with van der Waals surface area (Å²) >= 11 is 1.52. The molecule has 0 aliphatic heterocycles. The maximum atomic E-state index is 13.1. The first-order chi connectivity index (χ1) is 9.89. The molecule has 1 N–H and O–H groups in total. The van der Waals surface area contributed by atoms with Crippen LogP contribution >= 0.6 is 11.3 Å². The van der Waals surface area contributed by atoms with Gasteiger partial charge in [-0.05, 0) is 44.7 Å². The number of hydrogen-bond acceptors (Lipinski definition) is 4. The highest BCUT2D eigenvalue weighted by Crippen LogP contribution is 2.31. The number of aryl methyl sites for hydroxylation is 1. The van der Waals surface area contributed by atoms with E-state index in [1.54, 1.807) is 4.31 Å². The summed E-state index contributed by atoms with van der Waals surface area (Å²) in [6.07, 6.45) is 2.72. The zero-order chi connectivity index (χ0) is 16.0. The van der Waals surface area contributed by atoms with Crippen molar-refractivity contribution >= 4 is 21.4 Å². The summed E-state index contributed by atoms with van der Waals surface area (Å²) in [6, 6.07) is 0.0308. The quantitative estimate of drug-likeness (QED) is 0.754. The summed E-state index contributed by atoms with van der Waals surface area (Å²) < 4.78 is 27.9. The Balaban J connectivity index is 3.25. The molecule has 0 bridgehead atoms. The summed E-state index contributed by atoms with van der Waals surface area (Å²) in [4.78, 5) is 1.41. The molecule has 21 heavy (non-hydrogen) atoms. The fraction of sp³-hybridized carbons (Fsp3) is 0.733. The molecule has 6 heteroatoms. The molecule has 1 atom stereocenters. The van der Waals surface area contributed by atoms with Crippen molar-refractivity contribution in [2.24, 2.45) is 0 Å². The van der Waals surface area contributed by atoms with E-state index in [4.69, 9.17) is 0 Å². The Kier molecular flexibility index (Phi) is 7.33. The third-order valence-corrected chi connectivity index (χ3v) is 7.19. The van der Waals surface area contributed by atoms with E-state index in [1.165, 1.54) is 11.3 Å². The summed E-state index contributed by atoms with van der Waals surface area (Å²) in [5, 5.41) is 5.00. The van der Waals surface area contributed by atoms with Gasteiger partial charge in [-0.1, -0.05) is 20.3 Å². The molecule has 1 rings (SSSR count). The normalized spacial score (nSPS) is 13.8. The van der Waals surface area contributed by atoms with Gasteiger partial charge >= 0.3 is 0 Å². The molecule has 1 aromatic rings. The predicted octanol–water partition coefficient (Wildman–Crippen LogP) is 3.37. The van der Waals surface area contributed by atoms with E-state index < -0.39 is 10.0 Å². The first-order valence-electron chi connectivity index (χ1n) is 7.63. The van der Waals surface area contributed by atoms with Gasteiger partial charge in [0, 0.05) is 24.0 Å². The Morgan fingerprint density at radius 3 is 2.57 bits per heavy atom. The van der Waals surface area contributed by atoms with Crippen LogP contribution in [0.15, 0.2) is 10.3 Å². The summed E-state index contributed by atoms with van der Waals surface area (Å²) in [5.74, 6) is 0. The molecule has 1 unspecified atom stereocenters. The van der Waals surface area contributed by atoms with E-state index in [-0.39, 0.29) is 6.04 Å². The lowest BCUT2D eigenvalue weighted by Crippen LogP contribution is -2.39. The van der Waals surface area contributed by atoms with Crippen LogP contribution in [0.2, 0.25) is 0 Å². The second-order valence-electron chi connectivity index (χ2n) is 5.43. The SMILES string of the molecule is CCCCN(C(C)CC)S(=O)(=O)c1c(C)csc1CNC. The molecule has 0 spiro atoms. The van der Waals surface area contributed by atoms with Crippen molar-refractivity contribution in [1.82, 2.24) is 9.62 Å². The van der Waals surface area contributed by atoms with Crippen LogP contribution in [0.5, 0.6) is 0 Å². The molecular weight excluding hydrogens is 304 g/mol. The third-order valence-electron chi connectivity index (χ3n) is 3.71. The number of nitrogens with zero attached hydrogens (tertiary/aromatic N) is 1. The maximum Gasteiger partial charge on any atom is 0.244 e. The van der Waals surface area contributed by atoms with Crippen LogP contribution in [0.4, 0.5) is 0 Å². The number of hydrogen-bond donors (Lipinski definition) is 1. The summed E-state index contributed by atoms with van der Waals surface area (Å²) in [5.41, 5.74) is 0.857. The van der Waals surface area contributed by atoms with Crippen molar-refractivity contribution in [3.63, 3.8) is 0 Å². The minimum Gasteiger partial charge on any atom is -0.315 e. The van der Waals surface area contributed by atoms with E-state index in [9.17, 15) is 8.42 Å². The van der Waals surface area contributed by atoms with Gasteiger partial charge in [0.05, 0.1) is 0 Å². The molecule has 0 fully saturated rings. The number of thiophene rings is 1. The van der Waals surface area contributed by atoms with Crippen LogP contribution in [0.1, 0.15) is 50.5 Å². The van der Waals surface area contributed by atoms with Gasteiger partial charge in [-0.15, -0.1) is 11.3 Å². The van der Waals surface area contributed by atoms with Gasteiger partial charge < -0.3 is 5.32 Å². The molecule has 0 saturated carbocycles. The highest BCUT2D eigenvalue weighted by Gasteiger charge is 2.31. The molecule has 0 aliphatic carbocycles. The molecule has 0 aromatic carbocycles. The smallest absolute Gasteiger partial charge is 0.244 e. The van der Waals surface area contributed by atoms with Crippen LogP contribution in [-0.4, -0.2) is 32.4 Å². The molecule has 1 aromatic heterocycles. The van der Waals surface area contributed by atoms with Crippen LogP contribution in [0.3, 0.4) is 0 Å². The highest BCUT2D eigenvalue weighted by atomic mass is 32.2. The standard InChI is InChI=1S/C15H28N2O2S2/c1-6-8-9-17(13(4)7-2)21(18,19)15-12(3)11-20-14(15)10-16-5/h11,13,16H,6-10H2,1-5H3. The molecule has 122 valence electrons. The van der Waals surface area contributed by atoms with Crippen LogP contribution in [0, 0.1) is 6.92 Å². The fourth-order valence-corrected chi connectivity index (χ4v) is 5.85. The Morgan fingerprint density at radius 2 is 2.05 bits per heavy atom. The fourth-order valence-electron chi connectivity index (χ4n) is 2.33. The molecule has 4 nitrogen and oxygen atoms in total. The second kappa shape index (κ2) is 8.27.